The van der Waals surface area contributed by atoms with E-state index in [1.54, 1.807) is 0 Å². The van der Waals surface area contributed by atoms with Crippen LogP contribution in [0.4, 0.5) is 11.4 Å². The molecule has 3 aromatic rings. The SMILES string of the molecule is CC(C)C1CC2NC(C1)c1c(-c3ccc(NC(=O)C4CCCN4)cc3)ccc(-c3ccc(NC(=O)C4CCCN4)cc3)c12. The maximum atomic E-state index is 12.6. The minimum Gasteiger partial charge on any atom is -0.325 e. The zero-order valence-electron chi connectivity index (χ0n) is 25.2. The summed E-state index contributed by atoms with van der Waals surface area (Å²) in [6.07, 6.45) is 6.16. The van der Waals surface area contributed by atoms with E-state index in [0.29, 0.717) is 23.9 Å². The van der Waals surface area contributed by atoms with Gasteiger partial charge in [0.05, 0.1) is 12.1 Å². The summed E-state index contributed by atoms with van der Waals surface area (Å²) >= 11 is 0. The van der Waals surface area contributed by atoms with E-state index in [9.17, 15) is 9.59 Å². The highest BCUT2D eigenvalue weighted by Gasteiger charge is 2.42. The number of piperidine rings is 1. The molecule has 3 saturated heterocycles. The van der Waals surface area contributed by atoms with Crippen molar-refractivity contribution in [3.05, 3.63) is 71.8 Å². The fourth-order valence-corrected chi connectivity index (χ4v) is 7.66. The summed E-state index contributed by atoms with van der Waals surface area (Å²) < 4.78 is 0. The van der Waals surface area contributed by atoms with Crippen LogP contribution in [0, 0.1) is 11.8 Å². The molecule has 7 rings (SSSR count). The summed E-state index contributed by atoms with van der Waals surface area (Å²) in [4.78, 5) is 25.3. The molecule has 7 heteroatoms. The van der Waals surface area contributed by atoms with E-state index in [0.717, 1.165) is 63.0 Å². The van der Waals surface area contributed by atoms with Crippen molar-refractivity contribution in [3.8, 4) is 22.3 Å². The molecule has 4 unspecified atom stereocenters. The van der Waals surface area contributed by atoms with Crippen molar-refractivity contribution in [2.45, 2.75) is 76.5 Å². The lowest BCUT2D eigenvalue weighted by molar-refractivity contribution is -0.118. The highest BCUT2D eigenvalue weighted by molar-refractivity contribution is 5.96. The molecule has 2 amide bonds. The van der Waals surface area contributed by atoms with E-state index >= 15 is 0 Å². The van der Waals surface area contributed by atoms with Crippen molar-refractivity contribution < 1.29 is 9.59 Å². The molecule has 0 aromatic heterocycles. The molecular formula is C36H43N5O2. The maximum Gasteiger partial charge on any atom is 0.241 e. The number of nitrogens with one attached hydrogen (secondary N) is 5. The molecular weight excluding hydrogens is 534 g/mol. The number of anilines is 2. The van der Waals surface area contributed by atoms with Gasteiger partial charge in [-0.25, -0.2) is 0 Å². The Labute approximate surface area is 254 Å². The number of benzene rings is 3. The Balaban J connectivity index is 1.18. The van der Waals surface area contributed by atoms with Crippen molar-refractivity contribution in [1.82, 2.24) is 16.0 Å². The first-order valence-electron chi connectivity index (χ1n) is 16.2. The van der Waals surface area contributed by atoms with Crippen LogP contribution in [0.5, 0.6) is 0 Å². The van der Waals surface area contributed by atoms with Crippen LogP contribution >= 0.6 is 0 Å². The van der Waals surface area contributed by atoms with Crippen LogP contribution in [-0.2, 0) is 9.59 Å². The van der Waals surface area contributed by atoms with Crippen LogP contribution in [0.1, 0.15) is 75.6 Å². The normalized spacial score (nSPS) is 26.0. The quantitative estimate of drug-likeness (QED) is 0.232. The van der Waals surface area contributed by atoms with E-state index in [1.807, 2.05) is 24.3 Å². The van der Waals surface area contributed by atoms with Gasteiger partial charge in [0.25, 0.3) is 0 Å². The van der Waals surface area contributed by atoms with Crippen LogP contribution in [0.15, 0.2) is 60.7 Å². The molecule has 4 aliphatic rings. The van der Waals surface area contributed by atoms with Gasteiger partial charge in [-0.05, 0) is 121 Å². The Morgan fingerprint density at radius 1 is 0.674 bits per heavy atom. The van der Waals surface area contributed by atoms with Crippen molar-refractivity contribution in [3.63, 3.8) is 0 Å². The van der Waals surface area contributed by atoms with Crippen molar-refractivity contribution in [2.24, 2.45) is 11.8 Å². The molecule has 3 aromatic carbocycles. The monoisotopic (exact) mass is 577 g/mol. The topological polar surface area (TPSA) is 94.3 Å². The number of carbonyl (C=O) groups excluding carboxylic acids is 2. The van der Waals surface area contributed by atoms with Gasteiger partial charge in [-0.1, -0.05) is 50.2 Å². The third kappa shape index (κ3) is 5.62. The molecule has 0 aliphatic carbocycles. The number of hydrogen-bond acceptors (Lipinski definition) is 5. The molecule has 224 valence electrons. The van der Waals surface area contributed by atoms with Crippen LogP contribution in [0.25, 0.3) is 22.3 Å². The van der Waals surface area contributed by atoms with Gasteiger partial charge in [0.1, 0.15) is 0 Å². The molecule has 7 nitrogen and oxygen atoms in total. The minimum absolute atomic E-state index is 0.0500. The van der Waals surface area contributed by atoms with E-state index in [2.05, 4.69) is 76.8 Å². The van der Waals surface area contributed by atoms with Crippen LogP contribution < -0.4 is 26.6 Å². The third-order valence-corrected chi connectivity index (χ3v) is 10.1. The molecule has 5 N–H and O–H groups in total. The molecule has 3 fully saturated rings. The van der Waals surface area contributed by atoms with Gasteiger partial charge in [0, 0.05) is 23.5 Å². The predicted octanol–water partition coefficient (Wildman–Crippen LogP) is 6.15. The smallest absolute Gasteiger partial charge is 0.241 e. The van der Waals surface area contributed by atoms with Crippen molar-refractivity contribution in [1.29, 1.82) is 0 Å². The first-order valence-corrected chi connectivity index (χ1v) is 16.2. The second-order valence-electron chi connectivity index (χ2n) is 13.2. The summed E-state index contributed by atoms with van der Waals surface area (Å²) in [6, 6.07) is 21.7. The summed E-state index contributed by atoms with van der Waals surface area (Å²) in [5.41, 5.74) is 9.40. The Bertz CT molecular complexity index is 1380. The highest BCUT2D eigenvalue weighted by Crippen LogP contribution is 2.53. The van der Waals surface area contributed by atoms with E-state index in [1.165, 1.54) is 33.4 Å². The van der Waals surface area contributed by atoms with Crippen LogP contribution in [0.2, 0.25) is 0 Å². The van der Waals surface area contributed by atoms with Gasteiger partial charge < -0.3 is 26.6 Å². The fraction of sp³-hybridized carbons (Fsp3) is 0.444. The second kappa shape index (κ2) is 11.9. The lowest BCUT2D eigenvalue weighted by Gasteiger charge is -2.32. The summed E-state index contributed by atoms with van der Waals surface area (Å²) in [5.74, 6) is 1.42. The summed E-state index contributed by atoms with van der Waals surface area (Å²) in [7, 11) is 0. The van der Waals surface area contributed by atoms with Crippen molar-refractivity contribution >= 4 is 23.2 Å². The third-order valence-electron chi connectivity index (χ3n) is 10.1. The Morgan fingerprint density at radius 2 is 1.12 bits per heavy atom. The molecule has 4 heterocycles. The maximum absolute atomic E-state index is 12.6. The zero-order valence-corrected chi connectivity index (χ0v) is 25.2. The molecule has 0 spiro atoms. The average molecular weight is 578 g/mol. The molecule has 4 atom stereocenters. The van der Waals surface area contributed by atoms with Gasteiger partial charge in [0.2, 0.25) is 11.8 Å². The Morgan fingerprint density at radius 3 is 1.49 bits per heavy atom. The zero-order chi connectivity index (χ0) is 29.5. The summed E-state index contributed by atoms with van der Waals surface area (Å²) in [6.45, 7) is 6.52. The number of rotatable bonds is 7. The van der Waals surface area contributed by atoms with Gasteiger partial charge in [-0.2, -0.15) is 0 Å². The Kier molecular flexibility index (Phi) is 7.80. The predicted molar refractivity (Wildman–Crippen MR) is 173 cm³/mol. The summed E-state index contributed by atoms with van der Waals surface area (Å²) in [5, 5.41) is 16.7. The van der Waals surface area contributed by atoms with Crippen LogP contribution in [0.3, 0.4) is 0 Å². The van der Waals surface area contributed by atoms with E-state index in [4.69, 9.17) is 0 Å². The average Bonchev–Trinajstić information content (AvgIpc) is 3.80. The second-order valence-corrected chi connectivity index (χ2v) is 13.2. The minimum atomic E-state index is -0.0931. The fourth-order valence-electron chi connectivity index (χ4n) is 7.66. The van der Waals surface area contributed by atoms with Crippen LogP contribution in [-0.4, -0.2) is 37.0 Å². The lowest BCUT2D eigenvalue weighted by atomic mass is 9.82. The molecule has 0 radical (unpaired) electrons. The number of hydrogen-bond donors (Lipinski definition) is 5. The van der Waals surface area contributed by atoms with Crippen molar-refractivity contribution in [2.75, 3.05) is 23.7 Å². The number of amides is 2. The van der Waals surface area contributed by atoms with E-state index in [-0.39, 0.29) is 23.9 Å². The number of carbonyl (C=O) groups is 2. The van der Waals surface area contributed by atoms with Gasteiger partial charge in [0.15, 0.2) is 0 Å². The Hall–Kier alpha value is -3.52. The molecule has 2 bridgehead atoms. The molecule has 4 aliphatic heterocycles. The molecule has 43 heavy (non-hydrogen) atoms. The largest absolute Gasteiger partial charge is 0.325 e. The van der Waals surface area contributed by atoms with Gasteiger partial charge in [-0.15, -0.1) is 0 Å². The molecule has 0 saturated carbocycles. The first kappa shape index (κ1) is 28.3. The number of fused-ring (bicyclic) bond motifs is 5. The van der Waals surface area contributed by atoms with E-state index < -0.39 is 0 Å². The lowest BCUT2D eigenvalue weighted by Crippen LogP contribution is -2.35. The highest BCUT2D eigenvalue weighted by atomic mass is 16.2. The standard InChI is InChI=1S/C36H43N5O2/c1-21(2)24-19-31-33-27(22-7-11-25(12-8-22)39-35(42)29-5-3-17-37-29)15-16-28(34(33)32(20-24)41-31)23-9-13-26(14-10-23)40-36(43)30-6-4-18-38-30/h7-16,21,24,29-32,37-38,41H,3-6,17-20H2,1-2H3,(H,39,42)(H,40,43). The van der Waals surface area contributed by atoms with Gasteiger partial charge in [-0.3, -0.25) is 9.59 Å². The first-order chi connectivity index (χ1) is 20.9. The van der Waals surface area contributed by atoms with Gasteiger partial charge >= 0.3 is 0 Å².